The fourth-order valence-electron chi connectivity index (χ4n) is 4.54. The Hall–Kier alpha value is -2.45. The summed E-state index contributed by atoms with van der Waals surface area (Å²) in [4.78, 5) is 7.22. The molecule has 0 aliphatic carbocycles. The van der Waals surface area contributed by atoms with Gasteiger partial charge in [0.15, 0.2) is 0 Å². The van der Waals surface area contributed by atoms with Crippen LogP contribution in [0, 0.1) is 0 Å². The molecule has 2 atom stereocenters. The zero-order valence-electron chi connectivity index (χ0n) is 14.3. The van der Waals surface area contributed by atoms with Crippen molar-refractivity contribution >= 4 is 16.5 Å². The minimum absolute atomic E-state index is 0.570. The van der Waals surface area contributed by atoms with E-state index in [-0.39, 0.29) is 0 Å². The van der Waals surface area contributed by atoms with Gasteiger partial charge in [0.05, 0.1) is 5.52 Å². The molecule has 1 aromatic heterocycles. The quantitative estimate of drug-likeness (QED) is 0.669. The average Bonchev–Trinajstić information content (AvgIpc) is 2.90. The molecule has 2 aromatic carbocycles. The normalized spacial score (nSPS) is 23.0. The summed E-state index contributed by atoms with van der Waals surface area (Å²) in [6.07, 6.45) is 8.14. The highest BCUT2D eigenvalue weighted by molar-refractivity contribution is 5.92. The fourth-order valence-corrected chi connectivity index (χ4v) is 4.54. The minimum atomic E-state index is 0.570. The maximum atomic E-state index is 4.52. The molecule has 0 saturated carbocycles. The van der Waals surface area contributed by atoms with Crippen LogP contribution >= 0.6 is 0 Å². The van der Waals surface area contributed by atoms with Crippen LogP contribution in [-0.4, -0.2) is 22.0 Å². The van der Waals surface area contributed by atoms with Crippen LogP contribution in [0.4, 0.5) is 0 Å². The first-order chi connectivity index (χ1) is 12.4. The van der Waals surface area contributed by atoms with E-state index < -0.39 is 0 Å². The van der Waals surface area contributed by atoms with Gasteiger partial charge in [0.1, 0.15) is 0 Å². The molecule has 2 aliphatic heterocycles. The molecule has 124 valence electrons. The van der Waals surface area contributed by atoms with Gasteiger partial charge in [0.2, 0.25) is 0 Å². The third-order valence-electron chi connectivity index (χ3n) is 5.74. The Morgan fingerprint density at radius 3 is 2.72 bits per heavy atom. The van der Waals surface area contributed by atoms with E-state index in [1.54, 1.807) is 0 Å². The third kappa shape index (κ3) is 2.67. The number of aromatic nitrogens is 1. The molecule has 25 heavy (non-hydrogen) atoms. The van der Waals surface area contributed by atoms with Gasteiger partial charge < -0.3 is 0 Å². The first kappa shape index (κ1) is 14.9. The second-order valence-corrected chi connectivity index (χ2v) is 7.23. The molecule has 3 aromatic rings. The maximum Gasteiger partial charge on any atom is 0.0708 e. The summed E-state index contributed by atoms with van der Waals surface area (Å²) in [6, 6.07) is 22.9. The van der Waals surface area contributed by atoms with Crippen LogP contribution in [-0.2, 0) is 6.54 Å². The van der Waals surface area contributed by atoms with Crippen molar-refractivity contribution in [1.82, 2.24) is 9.88 Å². The second kappa shape index (κ2) is 6.12. The molecule has 0 spiro atoms. The predicted molar refractivity (Wildman–Crippen MR) is 103 cm³/mol. The molecular weight excluding hydrogens is 304 g/mol. The number of hydrogen-bond donors (Lipinski definition) is 0. The topological polar surface area (TPSA) is 16.1 Å². The highest BCUT2D eigenvalue weighted by atomic mass is 15.2. The number of benzene rings is 2. The minimum Gasteiger partial charge on any atom is -0.289 e. The van der Waals surface area contributed by atoms with Crippen LogP contribution < -0.4 is 0 Å². The second-order valence-electron chi connectivity index (χ2n) is 7.23. The van der Waals surface area contributed by atoms with Crippen LogP contribution in [0.1, 0.15) is 30.4 Å². The molecule has 2 heteroatoms. The molecule has 2 nitrogen and oxygen atoms in total. The Kier molecular flexibility index (Phi) is 3.64. The first-order valence-corrected chi connectivity index (χ1v) is 9.23. The predicted octanol–water partition coefficient (Wildman–Crippen LogP) is 5.06. The fraction of sp³-hybridized carbons (Fsp3) is 0.261. The van der Waals surface area contributed by atoms with E-state index >= 15 is 0 Å². The summed E-state index contributed by atoms with van der Waals surface area (Å²) < 4.78 is 0. The molecule has 0 radical (unpaired) electrons. The third-order valence-corrected chi connectivity index (χ3v) is 5.74. The van der Waals surface area contributed by atoms with Gasteiger partial charge in [0, 0.05) is 30.2 Å². The Morgan fingerprint density at radius 2 is 1.84 bits per heavy atom. The van der Waals surface area contributed by atoms with E-state index in [4.69, 9.17) is 0 Å². The molecule has 0 amide bonds. The molecule has 2 bridgehead atoms. The molecule has 5 rings (SSSR count). The lowest BCUT2D eigenvalue weighted by molar-refractivity contribution is 0.203. The van der Waals surface area contributed by atoms with Gasteiger partial charge in [-0.05, 0) is 48.1 Å². The number of hydrogen-bond acceptors (Lipinski definition) is 2. The summed E-state index contributed by atoms with van der Waals surface area (Å²) in [5.41, 5.74) is 5.41. The summed E-state index contributed by atoms with van der Waals surface area (Å²) in [6.45, 7) is 1.07. The van der Waals surface area contributed by atoms with Gasteiger partial charge in [-0.3, -0.25) is 9.88 Å². The highest BCUT2D eigenvalue weighted by Gasteiger charge is 2.36. The van der Waals surface area contributed by atoms with Gasteiger partial charge in [-0.2, -0.15) is 0 Å². The van der Waals surface area contributed by atoms with Gasteiger partial charge >= 0.3 is 0 Å². The molecular formula is C23H22N2. The van der Waals surface area contributed by atoms with Crippen molar-refractivity contribution in [1.29, 1.82) is 0 Å². The van der Waals surface area contributed by atoms with Crippen molar-refractivity contribution in [3.05, 3.63) is 84.1 Å². The van der Waals surface area contributed by atoms with Crippen LogP contribution in [0.5, 0.6) is 0 Å². The van der Waals surface area contributed by atoms with Crippen molar-refractivity contribution in [2.45, 2.75) is 37.9 Å². The van der Waals surface area contributed by atoms with E-state index in [0.717, 1.165) is 18.5 Å². The number of pyridine rings is 1. The highest BCUT2D eigenvalue weighted by Crippen LogP contribution is 2.40. The maximum absolute atomic E-state index is 4.52. The molecule has 1 fully saturated rings. The van der Waals surface area contributed by atoms with E-state index in [2.05, 4.69) is 70.6 Å². The summed E-state index contributed by atoms with van der Waals surface area (Å²) in [5, 5.41) is 1.28. The Balaban J connectivity index is 1.48. The van der Waals surface area contributed by atoms with Crippen LogP contribution in [0.2, 0.25) is 0 Å². The van der Waals surface area contributed by atoms with Crippen molar-refractivity contribution in [3.8, 4) is 0 Å². The van der Waals surface area contributed by atoms with Crippen molar-refractivity contribution in [2.75, 3.05) is 0 Å². The smallest absolute Gasteiger partial charge is 0.0708 e. The summed E-state index contributed by atoms with van der Waals surface area (Å²) in [5.74, 6) is 0. The molecule has 3 heterocycles. The van der Waals surface area contributed by atoms with Gasteiger partial charge in [0.25, 0.3) is 0 Å². The first-order valence-electron chi connectivity index (χ1n) is 9.23. The number of fused-ring (bicyclic) bond motifs is 3. The van der Waals surface area contributed by atoms with Crippen molar-refractivity contribution < 1.29 is 0 Å². The van der Waals surface area contributed by atoms with E-state index in [1.807, 2.05) is 12.3 Å². The standard InChI is InChI=1S/C23H22N2/c1-2-6-17(7-3-1)16-25-19-11-12-20(25)15-18(14-19)21-8-4-10-23-22(21)9-5-13-24-23/h1-10,13-14,19-20H,11-12,15-16H2. The molecule has 2 aliphatic rings. The zero-order chi connectivity index (χ0) is 16.6. The Labute approximate surface area is 148 Å². The van der Waals surface area contributed by atoms with Gasteiger partial charge in [-0.1, -0.05) is 54.6 Å². The Bertz CT molecular complexity index is 924. The SMILES string of the molecule is C1=C(c2cccc3ncccc23)CC2CCC1N2Cc1ccccc1. The van der Waals surface area contributed by atoms with Gasteiger partial charge in [-0.15, -0.1) is 0 Å². The zero-order valence-corrected chi connectivity index (χ0v) is 14.3. The van der Waals surface area contributed by atoms with Crippen molar-refractivity contribution in [3.63, 3.8) is 0 Å². The number of rotatable bonds is 3. The van der Waals surface area contributed by atoms with Crippen LogP contribution in [0.25, 0.3) is 16.5 Å². The lowest BCUT2D eigenvalue weighted by Crippen LogP contribution is -2.37. The molecule has 0 N–H and O–H groups in total. The monoisotopic (exact) mass is 326 g/mol. The molecule has 2 unspecified atom stereocenters. The Morgan fingerprint density at radius 1 is 0.920 bits per heavy atom. The lowest BCUT2D eigenvalue weighted by Gasteiger charge is -2.34. The van der Waals surface area contributed by atoms with E-state index in [1.165, 1.54) is 34.9 Å². The van der Waals surface area contributed by atoms with Crippen molar-refractivity contribution in [2.24, 2.45) is 0 Å². The average molecular weight is 326 g/mol. The lowest BCUT2D eigenvalue weighted by atomic mass is 9.92. The van der Waals surface area contributed by atoms with E-state index in [9.17, 15) is 0 Å². The summed E-state index contributed by atoms with van der Waals surface area (Å²) in [7, 11) is 0. The van der Waals surface area contributed by atoms with Crippen LogP contribution in [0.15, 0.2) is 72.9 Å². The van der Waals surface area contributed by atoms with Gasteiger partial charge in [-0.25, -0.2) is 0 Å². The molecule has 1 saturated heterocycles. The van der Waals surface area contributed by atoms with E-state index in [0.29, 0.717) is 12.1 Å². The summed E-state index contributed by atoms with van der Waals surface area (Å²) >= 11 is 0. The number of nitrogens with zero attached hydrogens (tertiary/aromatic N) is 2. The largest absolute Gasteiger partial charge is 0.289 e. The van der Waals surface area contributed by atoms with Crippen LogP contribution in [0.3, 0.4) is 0 Å².